The van der Waals surface area contributed by atoms with Crippen LogP contribution in [-0.4, -0.2) is 12.8 Å². The van der Waals surface area contributed by atoms with E-state index in [0.29, 0.717) is 10.8 Å². The van der Waals surface area contributed by atoms with Crippen molar-refractivity contribution in [1.29, 1.82) is 0 Å². The molecule has 0 heterocycles. The van der Waals surface area contributed by atoms with Crippen molar-refractivity contribution in [3.8, 4) is 18.1 Å². The minimum Gasteiger partial charge on any atom is -0.480 e. The van der Waals surface area contributed by atoms with Gasteiger partial charge in [0, 0.05) is 16.8 Å². The number of halogens is 1. The Balaban J connectivity index is 2.25. The molecule has 0 radical (unpaired) electrons. The molecule has 0 atom stereocenters. The monoisotopic (exact) mass is 269 g/mol. The Labute approximate surface area is 117 Å². The second kappa shape index (κ2) is 6.63. The molecule has 0 amide bonds. The van der Waals surface area contributed by atoms with Crippen LogP contribution < -0.4 is 4.74 Å². The lowest BCUT2D eigenvalue weighted by Gasteiger charge is -2.06. The maximum Gasteiger partial charge on any atom is 0.148 e. The van der Waals surface area contributed by atoms with Crippen LogP contribution in [0.15, 0.2) is 53.5 Å². The Kier molecular flexibility index (Phi) is 4.60. The summed E-state index contributed by atoms with van der Waals surface area (Å²) in [6.45, 7) is 0.216. The Morgan fingerprint density at radius 2 is 2.00 bits per heavy atom. The summed E-state index contributed by atoms with van der Waals surface area (Å²) in [4.78, 5) is 4.37. The summed E-state index contributed by atoms with van der Waals surface area (Å²) in [6, 6.07) is 15.0. The number of ether oxygens (including phenoxy) is 1. The molecule has 2 rings (SSSR count). The van der Waals surface area contributed by atoms with E-state index < -0.39 is 0 Å². The zero-order valence-electron chi connectivity index (χ0n) is 10.2. The number of nitrogens with zero attached hydrogens (tertiary/aromatic N) is 1. The van der Waals surface area contributed by atoms with Crippen LogP contribution >= 0.6 is 11.6 Å². The molecule has 0 aromatic heterocycles. The fraction of sp³-hybridized carbons (Fsp3) is 0.0625. The van der Waals surface area contributed by atoms with E-state index in [4.69, 9.17) is 22.8 Å². The topological polar surface area (TPSA) is 21.6 Å². The zero-order valence-corrected chi connectivity index (χ0v) is 11.0. The summed E-state index contributed by atoms with van der Waals surface area (Å²) in [5.74, 6) is 3.10. The molecule has 2 aromatic rings. The molecule has 0 saturated heterocycles. The number of hydrogen-bond donors (Lipinski definition) is 0. The number of rotatable bonds is 4. The SMILES string of the molecule is C#CCOc1ccc(Cl)cc1C=Nc1ccccc1. The van der Waals surface area contributed by atoms with E-state index in [0.717, 1.165) is 11.3 Å². The molecule has 2 aromatic carbocycles. The van der Waals surface area contributed by atoms with E-state index in [-0.39, 0.29) is 6.61 Å². The fourth-order valence-corrected chi connectivity index (χ4v) is 1.71. The summed E-state index contributed by atoms with van der Waals surface area (Å²) < 4.78 is 5.44. The minimum absolute atomic E-state index is 0.216. The first kappa shape index (κ1) is 13.2. The molecule has 0 N–H and O–H groups in total. The van der Waals surface area contributed by atoms with Crippen LogP contribution in [0.4, 0.5) is 5.69 Å². The first-order valence-corrected chi connectivity index (χ1v) is 6.12. The standard InChI is InChI=1S/C16H12ClNO/c1-2-10-19-16-9-8-14(17)11-13(16)12-18-15-6-4-3-5-7-15/h1,3-9,11-12H,10H2. The Bertz CT molecular complexity index is 614. The van der Waals surface area contributed by atoms with Gasteiger partial charge < -0.3 is 4.74 Å². The van der Waals surface area contributed by atoms with Crippen molar-refractivity contribution in [3.05, 3.63) is 59.1 Å². The minimum atomic E-state index is 0.216. The highest BCUT2D eigenvalue weighted by molar-refractivity contribution is 6.30. The normalized spacial score (nSPS) is 10.3. The van der Waals surface area contributed by atoms with Gasteiger partial charge >= 0.3 is 0 Å². The lowest BCUT2D eigenvalue weighted by atomic mass is 10.2. The van der Waals surface area contributed by atoms with Gasteiger partial charge in [0.2, 0.25) is 0 Å². The summed E-state index contributed by atoms with van der Waals surface area (Å²) in [5, 5.41) is 0.627. The molecule has 0 fully saturated rings. The fourth-order valence-electron chi connectivity index (χ4n) is 1.53. The van der Waals surface area contributed by atoms with Gasteiger partial charge in [0.1, 0.15) is 12.4 Å². The van der Waals surface area contributed by atoms with Crippen LogP contribution in [0, 0.1) is 12.3 Å². The van der Waals surface area contributed by atoms with E-state index in [9.17, 15) is 0 Å². The second-order valence-electron chi connectivity index (χ2n) is 3.77. The Hall–Kier alpha value is -2.24. The average molecular weight is 270 g/mol. The van der Waals surface area contributed by atoms with Gasteiger partial charge in [-0.05, 0) is 30.3 Å². The quantitative estimate of drug-likeness (QED) is 0.605. The highest BCUT2D eigenvalue weighted by Crippen LogP contribution is 2.22. The van der Waals surface area contributed by atoms with E-state index in [1.807, 2.05) is 30.3 Å². The smallest absolute Gasteiger partial charge is 0.148 e. The number of aliphatic imine (C=N–C) groups is 1. The van der Waals surface area contributed by atoms with Crippen molar-refractivity contribution in [2.24, 2.45) is 4.99 Å². The van der Waals surface area contributed by atoms with Gasteiger partial charge in [-0.1, -0.05) is 35.7 Å². The molecule has 0 unspecified atom stereocenters. The Morgan fingerprint density at radius 1 is 1.21 bits per heavy atom. The number of para-hydroxylation sites is 1. The van der Waals surface area contributed by atoms with E-state index in [2.05, 4.69) is 10.9 Å². The molecule has 0 aliphatic carbocycles. The lowest BCUT2D eigenvalue weighted by Crippen LogP contribution is -1.97. The van der Waals surface area contributed by atoms with Gasteiger partial charge in [-0.3, -0.25) is 4.99 Å². The first-order chi connectivity index (χ1) is 9.29. The zero-order chi connectivity index (χ0) is 13.5. The van der Waals surface area contributed by atoms with Crippen LogP contribution in [0.1, 0.15) is 5.56 Å². The van der Waals surface area contributed by atoms with Crippen LogP contribution in [0.5, 0.6) is 5.75 Å². The molecule has 3 heteroatoms. The first-order valence-electron chi connectivity index (χ1n) is 5.74. The maximum absolute atomic E-state index is 5.98. The third kappa shape index (κ3) is 3.87. The molecule has 0 aliphatic rings. The summed E-state index contributed by atoms with van der Waals surface area (Å²) in [6.07, 6.45) is 6.90. The van der Waals surface area contributed by atoms with Crippen LogP contribution in [0.25, 0.3) is 0 Å². The van der Waals surface area contributed by atoms with Crippen molar-refractivity contribution < 1.29 is 4.74 Å². The molecule has 0 bridgehead atoms. The number of hydrogen-bond acceptors (Lipinski definition) is 2. The number of terminal acetylenes is 1. The van der Waals surface area contributed by atoms with Crippen LogP contribution in [-0.2, 0) is 0 Å². The lowest BCUT2D eigenvalue weighted by molar-refractivity contribution is 0.370. The predicted octanol–water partition coefficient (Wildman–Crippen LogP) is 4.10. The third-order valence-corrected chi connectivity index (χ3v) is 2.63. The van der Waals surface area contributed by atoms with Crippen LogP contribution in [0.2, 0.25) is 5.02 Å². The van der Waals surface area contributed by atoms with Crippen LogP contribution in [0.3, 0.4) is 0 Å². The molecule has 0 aliphatic heterocycles. The van der Waals surface area contributed by atoms with Gasteiger partial charge in [-0.2, -0.15) is 0 Å². The average Bonchev–Trinajstić information content (AvgIpc) is 2.45. The van der Waals surface area contributed by atoms with Gasteiger partial charge in [0.15, 0.2) is 0 Å². The predicted molar refractivity (Wildman–Crippen MR) is 79.5 cm³/mol. The van der Waals surface area contributed by atoms with Gasteiger partial charge in [-0.15, -0.1) is 6.42 Å². The summed E-state index contributed by atoms with van der Waals surface area (Å²) in [7, 11) is 0. The second-order valence-corrected chi connectivity index (χ2v) is 4.21. The van der Waals surface area contributed by atoms with E-state index >= 15 is 0 Å². The van der Waals surface area contributed by atoms with Gasteiger partial charge in [0.25, 0.3) is 0 Å². The van der Waals surface area contributed by atoms with Gasteiger partial charge in [0.05, 0.1) is 5.69 Å². The molecule has 19 heavy (non-hydrogen) atoms. The highest BCUT2D eigenvalue weighted by Gasteiger charge is 2.02. The molecular formula is C16H12ClNO. The molecule has 0 saturated carbocycles. The molecular weight excluding hydrogens is 258 g/mol. The largest absolute Gasteiger partial charge is 0.480 e. The molecule has 2 nitrogen and oxygen atoms in total. The Morgan fingerprint density at radius 3 is 2.74 bits per heavy atom. The van der Waals surface area contributed by atoms with Crippen molar-refractivity contribution in [3.63, 3.8) is 0 Å². The third-order valence-electron chi connectivity index (χ3n) is 2.39. The maximum atomic E-state index is 5.98. The summed E-state index contributed by atoms with van der Waals surface area (Å²) >= 11 is 5.98. The highest BCUT2D eigenvalue weighted by atomic mass is 35.5. The molecule has 0 spiro atoms. The van der Waals surface area contributed by atoms with Crippen molar-refractivity contribution in [2.75, 3.05) is 6.61 Å². The van der Waals surface area contributed by atoms with E-state index in [1.165, 1.54) is 0 Å². The van der Waals surface area contributed by atoms with Crippen molar-refractivity contribution in [1.82, 2.24) is 0 Å². The van der Waals surface area contributed by atoms with Crippen molar-refractivity contribution >= 4 is 23.5 Å². The van der Waals surface area contributed by atoms with Crippen molar-refractivity contribution in [2.45, 2.75) is 0 Å². The molecule has 94 valence electrons. The summed E-state index contributed by atoms with van der Waals surface area (Å²) in [5.41, 5.74) is 1.66. The number of benzene rings is 2. The van der Waals surface area contributed by atoms with E-state index in [1.54, 1.807) is 24.4 Å². The van der Waals surface area contributed by atoms with Gasteiger partial charge in [-0.25, -0.2) is 0 Å².